The van der Waals surface area contributed by atoms with Gasteiger partial charge in [-0.1, -0.05) is 34.8 Å². The summed E-state index contributed by atoms with van der Waals surface area (Å²) in [5, 5.41) is 9.53. The molecule has 0 saturated heterocycles. The molecule has 0 amide bonds. The molecule has 0 heterocycles. The van der Waals surface area contributed by atoms with Gasteiger partial charge in [0, 0.05) is 9.89 Å². The first kappa shape index (κ1) is 12.2. The molecular formula is C15H17BrO2. The van der Waals surface area contributed by atoms with Crippen LogP contribution in [-0.2, 0) is 16.6 Å². The molecule has 1 aromatic carbocycles. The third-order valence-electron chi connectivity index (χ3n) is 4.77. The van der Waals surface area contributed by atoms with E-state index < -0.39 is 5.97 Å². The van der Waals surface area contributed by atoms with Crippen LogP contribution in [0.3, 0.4) is 0 Å². The second-order valence-corrected chi connectivity index (χ2v) is 6.51. The highest BCUT2D eigenvalue weighted by atomic mass is 79.9. The molecule has 0 aromatic heterocycles. The normalized spacial score (nSPS) is 25.1. The van der Waals surface area contributed by atoms with Crippen LogP contribution in [0.5, 0.6) is 0 Å². The van der Waals surface area contributed by atoms with Crippen LogP contribution >= 0.6 is 15.9 Å². The molecule has 1 N–H and O–H groups in total. The van der Waals surface area contributed by atoms with Gasteiger partial charge in [0.15, 0.2) is 0 Å². The minimum atomic E-state index is -0.606. The predicted molar refractivity (Wildman–Crippen MR) is 73.7 cm³/mol. The van der Waals surface area contributed by atoms with Gasteiger partial charge < -0.3 is 5.11 Å². The van der Waals surface area contributed by atoms with Crippen LogP contribution in [0, 0.1) is 5.92 Å². The molecule has 2 nitrogen and oxygen atoms in total. The van der Waals surface area contributed by atoms with E-state index in [1.54, 1.807) is 0 Å². The van der Waals surface area contributed by atoms with Crippen LogP contribution in [0.4, 0.5) is 0 Å². The zero-order valence-corrected chi connectivity index (χ0v) is 11.9. The third kappa shape index (κ3) is 1.71. The van der Waals surface area contributed by atoms with Crippen LogP contribution in [0.15, 0.2) is 22.7 Å². The number of halogens is 1. The van der Waals surface area contributed by atoms with E-state index in [0.29, 0.717) is 0 Å². The summed E-state index contributed by atoms with van der Waals surface area (Å²) < 4.78 is 1.10. The van der Waals surface area contributed by atoms with Crippen molar-refractivity contribution in [2.24, 2.45) is 5.92 Å². The van der Waals surface area contributed by atoms with Crippen molar-refractivity contribution in [2.75, 3.05) is 0 Å². The fourth-order valence-corrected chi connectivity index (χ4v) is 4.41. The van der Waals surface area contributed by atoms with Gasteiger partial charge >= 0.3 is 5.97 Å². The van der Waals surface area contributed by atoms with Gasteiger partial charge in [-0.3, -0.25) is 4.79 Å². The molecule has 2 aliphatic rings. The number of hydrogen-bond acceptors (Lipinski definition) is 1. The van der Waals surface area contributed by atoms with Crippen molar-refractivity contribution in [3.8, 4) is 0 Å². The molecule has 1 fully saturated rings. The standard InChI is InChI=1S/C15H17BrO2/c16-11-4-6-12-10(9-11)3-5-13(14(17)18)15(12)7-1-2-8-15/h4,6,9,13H,1-3,5,7-8H2,(H,17,18). The smallest absolute Gasteiger partial charge is 0.307 e. The Morgan fingerprint density at radius 3 is 2.72 bits per heavy atom. The molecule has 3 heteroatoms. The predicted octanol–water partition coefficient (Wildman–Crippen LogP) is 3.91. The molecule has 1 unspecified atom stereocenters. The van der Waals surface area contributed by atoms with E-state index in [-0.39, 0.29) is 11.3 Å². The van der Waals surface area contributed by atoms with E-state index in [2.05, 4.69) is 34.1 Å². The number of benzene rings is 1. The van der Waals surface area contributed by atoms with E-state index in [9.17, 15) is 9.90 Å². The summed E-state index contributed by atoms with van der Waals surface area (Å²) in [6, 6.07) is 6.39. The van der Waals surface area contributed by atoms with Crippen molar-refractivity contribution in [1.82, 2.24) is 0 Å². The largest absolute Gasteiger partial charge is 0.481 e. The van der Waals surface area contributed by atoms with Crippen molar-refractivity contribution >= 4 is 21.9 Å². The van der Waals surface area contributed by atoms with Crippen molar-refractivity contribution < 1.29 is 9.90 Å². The van der Waals surface area contributed by atoms with Crippen LogP contribution in [-0.4, -0.2) is 11.1 Å². The van der Waals surface area contributed by atoms with Gasteiger partial charge in [0.05, 0.1) is 5.92 Å². The molecule has 1 spiro atoms. The molecule has 18 heavy (non-hydrogen) atoms. The Bertz CT molecular complexity index is 489. The van der Waals surface area contributed by atoms with Crippen molar-refractivity contribution in [3.63, 3.8) is 0 Å². The van der Waals surface area contributed by atoms with Gasteiger partial charge in [-0.15, -0.1) is 0 Å². The van der Waals surface area contributed by atoms with Crippen molar-refractivity contribution in [1.29, 1.82) is 0 Å². The van der Waals surface area contributed by atoms with Gasteiger partial charge in [-0.05, 0) is 48.9 Å². The lowest BCUT2D eigenvalue weighted by Gasteiger charge is -2.41. The molecule has 0 aliphatic heterocycles. The van der Waals surface area contributed by atoms with Gasteiger partial charge in [-0.25, -0.2) is 0 Å². The molecule has 2 aliphatic carbocycles. The summed E-state index contributed by atoms with van der Waals surface area (Å²) in [5.74, 6) is -0.792. The Balaban J connectivity index is 2.13. The maximum Gasteiger partial charge on any atom is 0.307 e. The number of carboxylic acids is 1. The van der Waals surface area contributed by atoms with Gasteiger partial charge in [0.2, 0.25) is 0 Å². The highest BCUT2D eigenvalue weighted by molar-refractivity contribution is 9.10. The van der Waals surface area contributed by atoms with Gasteiger partial charge in [-0.2, -0.15) is 0 Å². The maximum absolute atomic E-state index is 11.6. The average Bonchev–Trinajstić information content (AvgIpc) is 2.78. The summed E-state index contributed by atoms with van der Waals surface area (Å²) in [6.07, 6.45) is 6.10. The van der Waals surface area contributed by atoms with Gasteiger partial charge in [0.1, 0.15) is 0 Å². The zero-order valence-electron chi connectivity index (χ0n) is 10.3. The molecule has 1 aromatic rings. The molecule has 1 saturated carbocycles. The highest BCUT2D eigenvalue weighted by Gasteiger charge is 2.49. The Morgan fingerprint density at radius 2 is 2.06 bits per heavy atom. The highest BCUT2D eigenvalue weighted by Crippen LogP contribution is 2.52. The zero-order chi connectivity index (χ0) is 12.8. The van der Waals surface area contributed by atoms with Crippen LogP contribution in [0.25, 0.3) is 0 Å². The fourth-order valence-electron chi connectivity index (χ4n) is 4.00. The first-order valence-corrected chi connectivity index (χ1v) is 7.44. The van der Waals surface area contributed by atoms with Gasteiger partial charge in [0.25, 0.3) is 0 Å². The minimum absolute atomic E-state index is 0.0832. The van der Waals surface area contributed by atoms with Crippen LogP contribution < -0.4 is 0 Å². The monoisotopic (exact) mass is 308 g/mol. The van der Waals surface area contributed by atoms with Crippen molar-refractivity contribution in [3.05, 3.63) is 33.8 Å². The SMILES string of the molecule is O=C(O)C1CCc2cc(Br)ccc2C12CCCC2. The van der Waals surface area contributed by atoms with E-state index in [4.69, 9.17) is 0 Å². The van der Waals surface area contributed by atoms with Crippen LogP contribution in [0.1, 0.15) is 43.2 Å². The second-order valence-electron chi connectivity index (χ2n) is 5.59. The Kier molecular flexibility index (Phi) is 2.97. The first-order chi connectivity index (χ1) is 8.63. The summed E-state index contributed by atoms with van der Waals surface area (Å²) in [5.41, 5.74) is 2.57. The molecule has 96 valence electrons. The Hall–Kier alpha value is -0.830. The Labute approximate surface area is 116 Å². The number of carboxylic acid groups (broad SMARTS) is 1. The van der Waals surface area contributed by atoms with E-state index in [0.717, 1.165) is 30.2 Å². The molecule has 1 atom stereocenters. The topological polar surface area (TPSA) is 37.3 Å². The maximum atomic E-state index is 11.6. The average molecular weight is 309 g/mol. The van der Waals surface area contributed by atoms with E-state index >= 15 is 0 Å². The van der Waals surface area contributed by atoms with E-state index in [1.807, 2.05) is 0 Å². The quantitative estimate of drug-likeness (QED) is 0.854. The summed E-state index contributed by atoms with van der Waals surface area (Å²) in [6.45, 7) is 0. The van der Waals surface area contributed by atoms with Crippen molar-refractivity contribution in [2.45, 2.75) is 43.9 Å². The van der Waals surface area contributed by atoms with Crippen LogP contribution in [0.2, 0.25) is 0 Å². The summed E-state index contributed by atoms with van der Waals surface area (Å²) in [4.78, 5) is 11.6. The second kappa shape index (κ2) is 4.37. The first-order valence-electron chi connectivity index (χ1n) is 6.65. The number of fused-ring (bicyclic) bond motifs is 2. The number of aliphatic carboxylic acids is 1. The lowest BCUT2D eigenvalue weighted by Crippen LogP contribution is -2.41. The lowest BCUT2D eigenvalue weighted by atomic mass is 9.62. The molecular weight excluding hydrogens is 292 g/mol. The molecule has 0 bridgehead atoms. The summed E-state index contributed by atoms with van der Waals surface area (Å²) >= 11 is 3.52. The fraction of sp³-hybridized carbons (Fsp3) is 0.533. The minimum Gasteiger partial charge on any atom is -0.481 e. The molecule has 3 rings (SSSR count). The number of aryl methyl sites for hydroxylation is 1. The number of rotatable bonds is 1. The third-order valence-corrected chi connectivity index (χ3v) is 5.26. The lowest BCUT2D eigenvalue weighted by molar-refractivity contribution is -0.145. The molecule has 0 radical (unpaired) electrons. The summed E-state index contributed by atoms with van der Waals surface area (Å²) in [7, 11) is 0. The van der Waals surface area contributed by atoms with E-state index in [1.165, 1.54) is 24.0 Å². The Morgan fingerprint density at radius 1 is 1.33 bits per heavy atom. The number of carbonyl (C=O) groups is 1. The number of hydrogen-bond donors (Lipinski definition) is 1.